The summed E-state index contributed by atoms with van der Waals surface area (Å²) in [5.41, 5.74) is 1.83. The molecule has 0 aliphatic rings. The van der Waals surface area contributed by atoms with Crippen molar-refractivity contribution in [3.05, 3.63) is 53.7 Å². The number of halogens is 2. The lowest BCUT2D eigenvalue weighted by Crippen LogP contribution is -2.24. The lowest BCUT2D eigenvalue weighted by atomic mass is 10.2. The first-order chi connectivity index (χ1) is 9.24. The molecule has 2 rings (SSSR count). The average molecular weight is 280 g/mol. The molecule has 2 heterocycles. The van der Waals surface area contributed by atoms with Crippen LogP contribution in [0.3, 0.4) is 0 Å². The molecule has 0 unspecified atom stereocenters. The zero-order valence-electron chi connectivity index (χ0n) is 10.7. The molecule has 0 aromatic carbocycles. The van der Waals surface area contributed by atoms with E-state index in [1.165, 1.54) is 12.3 Å². The van der Waals surface area contributed by atoms with E-state index in [4.69, 9.17) is 11.6 Å². The normalized spacial score (nSPS) is 10.5. The van der Waals surface area contributed by atoms with Crippen molar-refractivity contribution in [3.63, 3.8) is 0 Å². The van der Waals surface area contributed by atoms with Gasteiger partial charge >= 0.3 is 0 Å². The van der Waals surface area contributed by atoms with Crippen LogP contribution in [0.15, 0.2) is 36.8 Å². The molecule has 0 bridgehead atoms. The predicted molar refractivity (Wildman–Crippen MR) is 74.7 cm³/mol. The quantitative estimate of drug-likeness (QED) is 0.786. The van der Waals surface area contributed by atoms with Crippen LogP contribution in [0.5, 0.6) is 0 Å². The van der Waals surface area contributed by atoms with Gasteiger partial charge in [-0.05, 0) is 30.7 Å². The summed E-state index contributed by atoms with van der Waals surface area (Å²) < 4.78 is 13.2. The molecule has 0 radical (unpaired) electrons. The standard InChI is InChI=1S/C14H15ClFN3/c1-2-19(10-11-3-5-17-6-4-11)14-12(8-15)7-13(16)9-18-14/h3-7,9H,2,8,10H2,1H3. The third kappa shape index (κ3) is 3.41. The van der Waals surface area contributed by atoms with E-state index < -0.39 is 0 Å². The molecule has 0 atom stereocenters. The predicted octanol–water partition coefficient (Wildman–Crippen LogP) is 3.38. The molecule has 0 amide bonds. The average Bonchev–Trinajstić information content (AvgIpc) is 2.46. The van der Waals surface area contributed by atoms with E-state index in [1.54, 1.807) is 12.4 Å². The van der Waals surface area contributed by atoms with Crippen molar-refractivity contribution >= 4 is 17.4 Å². The molecule has 0 saturated heterocycles. The van der Waals surface area contributed by atoms with E-state index in [0.717, 1.165) is 17.9 Å². The van der Waals surface area contributed by atoms with Gasteiger partial charge in [0, 0.05) is 31.0 Å². The SMILES string of the molecule is CCN(Cc1ccncc1)c1ncc(F)cc1CCl. The fraction of sp³-hybridized carbons (Fsp3) is 0.286. The maximum absolute atomic E-state index is 13.2. The Morgan fingerprint density at radius 1 is 1.32 bits per heavy atom. The summed E-state index contributed by atoms with van der Waals surface area (Å²) in [6, 6.07) is 5.34. The minimum atomic E-state index is -0.362. The third-order valence-corrected chi connectivity index (χ3v) is 3.15. The Balaban J connectivity index is 2.27. The molecule has 5 heteroatoms. The van der Waals surface area contributed by atoms with Gasteiger partial charge in [0.05, 0.1) is 12.1 Å². The summed E-state index contributed by atoms with van der Waals surface area (Å²) in [7, 11) is 0. The maximum atomic E-state index is 13.2. The number of hydrogen-bond acceptors (Lipinski definition) is 3. The van der Waals surface area contributed by atoms with Gasteiger partial charge in [0.15, 0.2) is 0 Å². The third-order valence-electron chi connectivity index (χ3n) is 2.86. The molecule has 2 aromatic heterocycles. The van der Waals surface area contributed by atoms with Crippen LogP contribution >= 0.6 is 11.6 Å². The Labute approximate surface area is 117 Å². The highest BCUT2D eigenvalue weighted by atomic mass is 35.5. The van der Waals surface area contributed by atoms with E-state index in [2.05, 4.69) is 14.9 Å². The summed E-state index contributed by atoms with van der Waals surface area (Å²) in [6.45, 7) is 3.50. The Hall–Kier alpha value is -1.68. The molecule has 0 N–H and O–H groups in total. The molecule has 3 nitrogen and oxygen atoms in total. The first kappa shape index (κ1) is 13.7. The molecular formula is C14H15ClFN3. The van der Waals surface area contributed by atoms with Crippen LogP contribution < -0.4 is 4.90 Å². The first-order valence-corrected chi connectivity index (χ1v) is 6.62. The topological polar surface area (TPSA) is 29.0 Å². The van der Waals surface area contributed by atoms with Gasteiger partial charge in [-0.3, -0.25) is 4.98 Å². The Bertz CT molecular complexity index is 533. The highest BCUT2D eigenvalue weighted by Crippen LogP contribution is 2.22. The monoisotopic (exact) mass is 279 g/mol. The van der Waals surface area contributed by atoms with Crippen molar-refractivity contribution in [2.45, 2.75) is 19.3 Å². The van der Waals surface area contributed by atoms with Crippen LogP contribution in [0.2, 0.25) is 0 Å². The Kier molecular flexibility index (Phi) is 4.68. The number of hydrogen-bond donors (Lipinski definition) is 0. The van der Waals surface area contributed by atoms with Crippen molar-refractivity contribution in [3.8, 4) is 0 Å². The summed E-state index contributed by atoms with van der Waals surface area (Å²) in [4.78, 5) is 10.2. The Morgan fingerprint density at radius 2 is 2.05 bits per heavy atom. The number of pyridine rings is 2. The van der Waals surface area contributed by atoms with E-state index in [-0.39, 0.29) is 11.7 Å². The van der Waals surface area contributed by atoms with Crippen molar-refractivity contribution in [2.24, 2.45) is 0 Å². The van der Waals surface area contributed by atoms with Gasteiger partial charge in [0.25, 0.3) is 0 Å². The van der Waals surface area contributed by atoms with Gasteiger partial charge in [-0.1, -0.05) is 0 Å². The van der Waals surface area contributed by atoms with Gasteiger partial charge in [0.1, 0.15) is 11.6 Å². The summed E-state index contributed by atoms with van der Waals surface area (Å²) in [6.07, 6.45) is 4.73. The molecule has 0 fully saturated rings. The molecule has 0 aliphatic heterocycles. The highest BCUT2D eigenvalue weighted by Gasteiger charge is 2.12. The smallest absolute Gasteiger partial charge is 0.141 e. The van der Waals surface area contributed by atoms with Crippen LogP contribution in [0.1, 0.15) is 18.1 Å². The van der Waals surface area contributed by atoms with E-state index in [9.17, 15) is 4.39 Å². The largest absolute Gasteiger partial charge is 0.352 e. The second-order valence-corrected chi connectivity index (χ2v) is 4.41. The fourth-order valence-electron chi connectivity index (χ4n) is 1.90. The lowest BCUT2D eigenvalue weighted by molar-refractivity contribution is 0.618. The van der Waals surface area contributed by atoms with Gasteiger partial charge in [-0.25, -0.2) is 9.37 Å². The fourth-order valence-corrected chi connectivity index (χ4v) is 2.10. The zero-order chi connectivity index (χ0) is 13.7. The van der Waals surface area contributed by atoms with Crippen LogP contribution in [0, 0.1) is 5.82 Å². The van der Waals surface area contributed by atoms with Crippen LogP contribution in [-0.2, 0) is 12.4 Å². The molecular weight excluding hydrogens is 265 g/mol. The Morgan fingerprint density at radius 3 is 2.68 bits per heavy atom. The molecule has 0 aliphatic carbocycles. The van der Waals surface area contributed by atoms with Crippen LogP contribution in [0.4, 0.5) is 10.2 Å². The molecule has 2 aromatic rings. The van der Waals surface area contributed by atoms with Crippen LogP contribution in [-0.4, -0.2) is 16.5 Å². The second-order valence-electron chi connectivity index (χ2n) is 4.14. The number of alkyl halides is 1. The van der Waals surface area contributed by atoms with Gasteiger partial charge in [-0.2, -0.15) is 0 Å². The zero-order valence-corrected chi connectivity index (χ0v) is 11.4. The minimum Gasteiger partial charge on any atom is -0.352 e. The number of aromatic nitrogens is 2. The van der Waals surface area contributed by atoms with E-state index >= 15 is 0 Å². The van der Waals surface area contributed by atoms with Gasteiger partial charge in [-0.15, -0.1) is 11.6 Å². The molecule has 0 saturated carbocycles. The van der Waals surface area contributed by atoms with Crippen molar-refractivity contribution in [2.75, 3.05) is 11.4 Å². The first-order valence-electron chi connectivity index (χ1n) is 6.08. The summed E-state index contributed by atoms with van der Waals surface area (Å²) >= 11 is 5.86. The number of nitrogens with zero attached hydrogens (tertiary/aromatic N) is 3. The molecule has 0 spiro atoms. The van der Waals surface area contributed by atoms with Crippen molar-refractivity contribution in [1.82, 2.24) is 9.97 Å². The number of anilines is 1. The van der Waals surface area contributed by atoms with E-state index in [0.29, 0.717) is 12.1 Å². The second kappa shape index (κ2) is 6.48. The lowest BCUT2D eigenvalue weighted by Gasteiger charge is -2.24. The van der Waals surface area contributed by atoms with Gasteiger partial charge in [0.2, 0.25) is 0 Å². The molecule has 19 heavy (non-hydrogen) atoms. The molecule has 100 valence electrons. The highest BCUT2D eigenvalue weighted by molar-refractivity contribution is 6.17. The van der Waals surface area contributed by atoms with Crippen molar-refractivity contribution < 1.29 is 4.39 Å². The van der Waals surface area contributed by atoms with Crippen molar-refractivity contribution in [1.29, 1.82) is 0 Å². The minimum absolute atomic E-state index is 0.243. The summed E-state index contributed by atoms with van der Waals surface area (Å²) in [5.74, 6) is 0.613. The maximum Gasteiger partial charge on any atom is 0.141 e. The number of rotatable bonds is 5. The van der Waals surface area contributed by atoms with Crippen LogP contribution in [0.25, 0.3) is 0 Å². The van der Waals surface area contributed by atoms with E-state index in [1.807, 2.05) is 19.1 Å². The summed E-state index contributed by atoms with van der Waals surface area (Å²) in [5, 5.41) is 0. The van der Waals surface area contributed by atoms with Gasteiger partial charge < -0.3 is 4.90 Å².